The maximum atomic E-state index is 9.16. The lowest BCUT2D eigenvalue weighted by molar-refractivity contribution is 0.226. The van der Waals surface area contributed by atoms with Crippen LogP contribution in [0.15, 0.2) is 0 Å². The molecular weight excluding hydrogens is 258 g/mol. The van der Waals surface area contributed by atoms with Gasteiger partial charge in [-0.3, -0.25) is 0 Å². The van der Waals surface area contributed by atoms with Crippen molar-refractivity contribution in [2.75, 3.05) is 30.4 Å². The monoisotopic (exact) mass is 283 g/mol. The highest BCUT2D eigenvalue weighted by atomic mass is 16.5. The molecule has 2 atom stereocenters. The molecule has 1 aromatic rings. The zero-order valence-electron chi connectivity index (χ0n) is 12.7. The maximum Gasteiger partial charge on any atom is 0.323 e. The molecule has 0 aliphatic rings. The van der Waals surface area contributed by atoms with E-state index >= 15 is 0 Å². The summed E-state index contributed by atoms with van der Waals surface area (Å²) in [5, 5.41) is 15.4. The van der Waals surface area contributed by atoms with E-state index in [1.54, 1.807) is 0 Å². The van der Waals surface area contributed by atoms with Crippen LogP contribution in [0.4, 0.5) is 11.9 Å². The lowest BCUT2D eigenvalue weighted by Crippen LogP contribution is -2.27. The van der Waals surface area contributed by atoms with E-state index in [9.17, 15) is 0 Å². The molecule has 0 aliphatic heterocycles. The number of hydrogen-bond donors (Lipinski definition) is 3. The van der Waals surface area contributed by atoms with Gasteiger partial charge in [0.05, 0.1) is 6.61 Å². The molecule has 114 valence electrons. The number of nitrogens with zero attached hydrogens (tertiary/aromatic N) is 3. The number of aliphatic hydroxyl groups is 1. The van der Waals surface area contributed by atoms with Crippen LogP contribution in [0.3, 0.4) is 0 Å². The SMILES string of the molecule is CCCNc1nc(NC(C)C(C)CO)nc(OCC)n1. The van der Waals surface area contributed by atoms with Crippen LogP contribution >= 0.6 is 0 Å². The first kappa shape index (κ1) is 16.4. The molecule has 3 N–H and O–H groups in total. The highest BCUT2D eigenvalue weighted by Gasteiger charge is 2.14. The van der Waals surface area contributed by atoms with Gasteiger partial charge < -0.3 is 20.5 Å². The van der Waals surface area contributed by atoms with Gasteiger partial charge >= 0.3 is 6.01 Å². The average Bonchev–Trinajstić information content (AvgIpc) is 2.44. The molecule has 7 nitrogen and oxygen atoms in total. The number of anilines is 2. The van der Waals surface area contributed by atoms with Gasteiger partial charge in [0, 0.05) is 19.2 Å². The number of ether oxygens (including phenoxy) is 1. The number of aliphatic hydroxyl groups excluding tert-OH is 1. The number of nitrogens with one attached hydrogen (secondary N) is 2. The third-order valence-corrected chi connectivity index (χ3v) is 2.92. The summed E-state index contributed by atoms with van der Waals surface area (Å²) < 4.78 is 5.34. The van der Waals surface area contributed by atoms with Crippen molar-refractivity contribution < 1.29 is 9.84 Å². The van der Waals surface area contributed by atoms with E-state index in [1.165, 1.54) is 0 Å². The standard InChI is InChI=1S/C13H25N5O2/c1-5-7-14-11-16-12(15-10(4)9(3)8-19)18-13(17-11)20-6-2/h9-10,19H,5-8H2,1-4H3,(H2,14,15,16,17,18). The second-order valence-electron chi connectivity index (χ2n) is 4.72. The van der Waals surface area contributed by atoms with Crippen molar-refractivity contribution in [1.29, 1.82) is 0 Å². The Balaban J connectivity index is 2.84. The molecule has 0 bridgehead atoms. The molecule has 0 fully saturated rings. The van der Waals surface area contributed by atoms with Crippen LogP contribution < -0.4 is 15.4 Å². The summed E-state index contributed by atoms with van der Waals surface area (Å²) in [6.45, 7) is 9.28. The van der Waals surface area contributed by atoms with E-state index in [1.807, 2.05) is 20.8 Å². The molecule has 0 spiro atoms. The molecule has 1 rings (SSSR count). The summed E-state index contributed by atoms with van der Waals surface area (Å²) in [4.78, 5) is 12.7. The Morgan fingerprint density at radius 2 is 1.85 bits per heavy atom. The minimum atomic E-state index is 0.0518. The number of aromatic nitrogens is 3. The van der Waals surface area contributed by atoms with Gasteiger partial charge in [0.25, 0.3) is 0 Å². The van der Waals surface area contributed by atoms with E-state index in [4.69, 9.17) is 9.84 Å². The van der Waals surface area contributed by atoms with E-state index in [0.29, 0.717) is 24.5 Å². The molecule has 20 heavy (non-hydrogen) atoms. The average molecular weight is 283 g/mol. The van der Waals surface area contributed by atoms with Crippen molar-refractivity contribution >= 4 is 11.9 Å². The third kappa shape index (κ3) is 5.16. The zero-order chi connectivity index (χ0) is 15.0. The van der Waals surface area contributed by atoms with Gasteiger partial charge in [0.1, 0.15) is 0 Å². The van der Waals surface area contributed by atoms with Crippen LogP contribution in [-0.4, -0.2) is 45.9 Å². The van der Waals surface area contributed by atoms with Crippen molar-refractivity contribution in [3.8, 4) is 6.01 Å². The first-order chi connectivity index (χ1) is 9.60. The Bertz CT molecular complexity index is 402. The van der Waals surface area contributed by atoms with Crippen molar-refractivity contribution in [3.63, 3.8) is 0 Å². The van der Waals surface area contributed by atoms with Crippen molar-refractivity contribution in [3.05, 3.63) is 0 Å². The molecule has 0 saturated carbocycles. The van der Waals surface area contributed by atoms with Crippen LogP contribution in [0.1, 0.15) is 34.1 Å². The largest absolute Gasteiger partial charge is 0.464 e. The predicted molar refractivity (Wildman–Crippen MR) is 79.1 cm³/mol. The number of hydrogen-bond acceptors (Lipinski definition) is 7. The summed E-state index contributed by atoms with van der Waals surface area (Å²) in [6, 6.07) is 0.350. The van der Waals surface area contributed by atoms with E-state index < -0.39 is 0 Å². The second kappa shape index (κ2) is 8.52. The minimum absolute atomic E-state index is 0.0518. The van der Waals surface area contributed by atoms with Crippen LogP contribution in [0.5, 0.6) is 6.01 Å². The van der Waals surface area contributed by atoms with Crippen molar-refractivity contribution in [1.82, 2.24) is 15.0 Å². The highest BCUT2D eigenvalue weighted by molar-refractivity contribution is 5.36. The molecule has 1 aromatic heterocycles. The summed E-state index contributed by atoms with van der Waals surface area (Å²) in [5.74, 6) is 1.06. The van der Waals surface area contributed by atoms with Crippen LogP contribution in [-0.2, 0) is 0 Å². The van der Waals surface area contributed by atoms with Crippen LogP contribution in [0.25, 0.3) is 0 Å². The van der Waals surface area contributed by atoms with Crippen LogP contribution in [0, 0.1) is 5.92 Å². The zero-order valence-corrected chi connectivity index (χ0v) is 12.7. The molecule has 7 heteroatoms. The van der Waals surface area contributed by atoms with Gasteiger partial charge in [-0.25, -0.2) is 0 Å². The molecule has 0 amide bonds. The van der Waals surface area contributed by atoms with Gasteiger partial charge in [-0.2, -0.15) is 15.0 Å². The van der Waals surface area contributed by atoms with Gasteiger partial charge in [-0.15, -0.1) is 0 Å². The number of rotatable bonds is 9. The highest BCUT2D eigenvalue weighted by Crippen LogP contribution is 2.14. The Morgan fingerprint density at radius 1 is 1.15 bits per heavy atom. The molecule has 0 saturated heterocycles. The van der Waals surface area contributed by atoms with E-state index in [0.717, 1.165) is 13.0 Å². The normalized spacial score (nSPS) is 13.7. The maximum absolute atomic E-state index is 9.16. The first-order valence-electron chi connectivity index (χ1n) is 7.10. The Labute approximate surface area is 120 Å². The molecular formula is C13H25N5O2. The van der Waals surface area contributed by atoms with E-state index in [-0.39, 0.29) is 18.6 Å². The molecule has 1 heterocycles. The minimum Gasteiger partial charge on any atom is -0.464 e. The lowest BCUT2D eigenvalue weighted by atomic mass is 10.1. The fraction of sp³-hybridized carbons (Fsp3) is 0.769. The van der Waals surface area contributed by atoms with Crippen molar-refractivity contribution in [2.45, 2.75) is 40.2 Å². The molecule has 0 aromatic carbocycles. The molecule has 2 unspecified atom stereocenters. The van der Waals surface area contributed by atoms with Gasteiger partial charge in [-0.1, -0.05) is 13.8 Å². The second-order valence-corrected chi connectivity index (χ2v) is 4.72. The third-order valence-electron chi connectivity index (χ3n) is 2.92. The van der Waals surface area contributed by atoms with Crippen molar-refractivity contribution in [2.24, 2.45) is 5.92 Å². The van der Waals surface area contributed by atoms with E-state index in [2.05, 4.69) is 32.5 Å². The molecule has 0 aliphatic carbocycles. The summed E-state index contributed by atoms with van der Waals surface area (Å²) in [6.07, 6.45) is 0.983. The Morgan fingerprint density at radius 3 is 2.45 bits per heavy atom. The predicted octanol–water partition coefficient (Wildman–Crippen LogP) is 1.52. The fourth-order valence-electron chi connectivity index (χ4n) is 1.43. The lowest BCUT2D eigenvalue weighted by Gasteiger charge is -2.19. The van der Waals surface area contributed by atoms with Crippen LogP contribution in [0.2, 0.25) is 0 Å². The van der Waals surface area contributed by atoms with Gasteiger partial charge in [-0.05, 0) is 26.2 Å². The summed E-state index contributed by atoms with van der Waals surface area (Å²) in [5.41, 5.74) is 0. The molecule has 0 radical (unpaired) electrons. The summed E-state index contributed by atoms with van der Waals surface area (Å²) in [7, 11) is 0. The Kier molecular flexibility index (Phi) is 7.00. The smallest absolute Gasteiger partial charge is 0.323 e. The quantitative estimate of drug-likeness (QED) is 0.632. The Hall–Kier alpha value is -1.63. The summed E-state index contributed by atoms with van der Waals surface area (Å²) >= 11 is 0. The first-order valence-corrected chi connectivity index (χ1v) is 7.10. The van der Waals surface area contributed by atoms with Gasteiger partial charge in [0.15, 0.2) is 0 Å². The fourth-order valence-corrected chi connectivity index (χ4v) is 1.43. The van der Waals surface area contributed by atoms with Gasteiger partial charge in [0.2, 0.25) is 11.9 Å². The topological polar surface area (TPSA) is 92.2 Å².